The molecular formula is C11H11NO4. The van der Waals surface area contributed by atoms with Crippen molar-refractivity contribution >= 4 is 17.5 Å². The van der Waals surface area contributed by atoms with E-state index in [1.54, 1.807) is 18.2 Å². The fourth-order valence-electron chi connectivity index (χ4n) is 1.89. The zero-order valence-electron chi connectivity index (χ0n) is 8.67. The van der Waals surface area contributed by atoms with E-state index >= 15 is 0 Å². The molecule has 1 heterocycles. The first-order chi connectivity index (χ1) is 7.52. The summed E-state index contributed by atoms with van der Waals surface area (Å²) in [6, 6.07) is 6.37. The quantitative estimate of drug-likeness (QED) is 0.686. The second kappa shape index (κ2) is 3.40. The first-order valence-corrected chi connectivity index (χ1v) is 4.80. The smallest absolute Gasteiger partial charge is 0.272 e. The maximum atomic E-state index is 11.9. The Morgan fingerprint density at radius 1 is 1.44 bits per heavy atom. The van der Waals surface area contributed by atoms with Crippen LogP contribution in [0.1, 0.15) is 12.5 Å². The minimum absolute atomic E-state index is 0.262. The van der Waals surface area contributed by atoms with Crippen molar-refractivity contribution in [3.05, 3.63) is 29.8 Å². The third-order valence-corrected chi connectivity index (χ3v) is 2.69. The summed E-state index contributed by atoms with van der Waals surface area (Å²) in [6.07, 6.45) is 0. The maximum Gasteiger partial charge on any atom is 0.272 e. The monoisotopic (exact) mass is 221 g/mol. The lowest BCUT2D eigenvalue weighted by Gasteiger charge is -2.18. The van der Waals surface area contributed by atoms with Gasteiger partial charge in [-0.05, 0) is 6.07 Å². The standard InChI is InChI=1S/C11H11NO4/c1-7(14)12-9-5-3-2-4-8(9)11(16,6-13)10(12)15/h2-5,13,16H,6H2,1H3. The zero-order valence-corrected chi connectivity index (χ0v) is 8.67. The van der Waals surface area contributed by atoms with Gasteiger partial charge in [-0.2, -0.15) is 0 Å². The van der Waals surface area contributed by atoms with Gasteiger partial charge in [0.05, 0.1) is 12.3 Å². The molecule has 2 amide bonds. The Morgan fingerprint density at radius 2 is 2.06 bits per heavy atom. The van der Waals surface area contributed by atoms with Crippen LogP contribution >= 0.6 is 0 Å². The molecule has 0 bridgehead atoms. The summed E-state index contributed by atoms with van der Waals surface area (Å²) in [4.78, 5) is 24.1. The Balaban J connectivity index is 2.67. The van der Waals surface area contributed by atoms with Gasteiger partial charge in [0.15, 0.2) is 5.60 Å². The van der Waals surface area contributed by atoms with Gasteiger partial charge in [0.1, 0.15) is 0 Å². The number of fused-ring (bicyclic) bond motifs is 1. The number of anilines is 1. The summed E-state index contributed by atoms with van der Waals surface area (Å²) in [6.45, 7) is 0.490. The Labute approximate surface area is 91.9 Å². The Morgan fingerprint density at radius 3 is 2.62 bits per heavy atom. The molecule has 1 aromatic rings. The number of aliphatic hydroxyl groups is 2. The van der Waals surface area contributed by atoms with Gasteiger partial charge in [-0.15, -0.1) is 0 Å². The Hall–Kier alpha value is -1.72. The van der Waals surface area contributed by atoms with Crippen molar-refractivity contribution in [2.75, 3.05) is 11.5 Å². The van der Waals surface area contributed by atoms with Crippen LogP contribution < -0.4 is 4.90 Å². The van der Waals surface area contributed by atoms with Crippen molar-refractivity contribution in [2.24, 2.45) is 0 Å². The third-order valence-electron chi connectivity index (χ3n) is 2.69. The van der Waals surface area contributed by atoms with Gasteiger partial charge in [0.2, 0.25) is 5.91 Å². The topological polar surface area (TPSA) is 77.8 Å². The van der Waals surface area contributed by atoms with Crippen LogP contribution in [0, 0.1) is 0 Å². The first-order valence-electron chi connectivity index (χ1n) is 4.80. The van der Waals surface area contributed by atoms with Gasteiger partial charge in [-0.3, -0.25) is 9.59 Å². The fourth-order valence-corrected chi connectivity index (χ4v) is 1.89. The molecule has 0 fully saturated rings. The van der Waals surface area contributed by atoms with Crippen molar-refractivity contribution in [3.8, 4) is 0 Å². The summed E-state index contributed by atoms with van der Waals surface area (Å²) in [5, 5.41) is 19.2. The minimum atomic E-state index is -2.00. The highest BCUT2D eigenvalue weighted by atomic mass is 16.3. The predicted octanol–water partition coefficient (Wildman–Crippen LogP) is -0.240. The predicted molar refractivity (Wildman–Crippen MR) is 55.6 cm³/mol. The molecule has 0 radical (unpaired) electrons. The molecular weight excluding hydrogens is 210 g/mol. The van der Waals surface area contributed by atoms with Crippen LogP contribution in [0.4, 0.5) is 5.69 Å². The van der Waals surface area contributed by atoms with Crippen LogP contribution in [0.5, 0.6) is 0 Å². The number of nitrogens with zero attached hydrogens (tertiary/aromatic N) is 1. The van der Waals surface area contributed by atoms with E-state index in [1.165, 1.54) is 13.0 Å². The van der Waals surface area contributed by atoms with Crippen molar-refractivity contribution in [3.63, 3.8) is 0 Å². The molecule has 1 aliphatic rings. The molecule has 0 spiro atoms. The summed E-state index contributed by atoms with van der Waals surface area (Å²) in [5.74, 6) is -1.29. The van der Waals surface area contributed by atoms with Crippen molar-refractivity contribution in [2.45, 2.75) is 12.5 Å². The Kier molecular flexibility index (Phi) is 2.29. The summed E-state index contributed by atoms with van der Waals surface area (Å²) < 4.78 is 0. The summed E-state index contributed by atoms with van der Waals surface area (Å²) in [7, 11) is 0. The molecule has 0 aromatic heterocycles. The van der Waals surface area contributed by atoms with E-state index in [0.29, 0.717) is 5.69 Å². The number of carbonyl (C=O) groups excluding carboxylic acids is 2. The van der Waals surface area contributed by atoms with Crippen molar-refractivity contribution in [1.29, 1.82) is 0 Å². The first kappa shape index (κ1) is 10.8. The fraction of sp³-hybridized carbons (Fsp3) is 0.273. The molecule has 1 atom stereocenters. The number of hydrogen-bond donors (Lipinski definition) is 2. The number of amides is 2. The molecule has 1 unspecified atom stereocenters. The molecule has 1 aliphatic heterocycles. The number of imide groups is 1. The van der Waals surface area contributed by atoms with Gasteiger partial charge in [-0.1, -0.05) is 18.2 Å². The molecule has 0 saturated heterocycles. The highest BCUT2D eigenvalue weighted by molar-refractivity contribution is 6.21. The number of hydrogen-bond acceptors (Lipinski definition) is 4. The van der Waals surface area contributed by atoms with E-state index in [0.717, 1.165) is 4.90 Å². The molecule has 16 heavy (non-hydrogen) atoms. The van der Waals surface area contributed by atoms with Crippen LogP contribution in [0.3, 0.4) is 0 Å². The SMILES string of the molecule is CC(=O)N1C(=O)C(O)(CO)c2ccccc21. The summed E-state index contributed by atoms with van der Waals surface area (Å²) in [5.41, 5.74) is -1.41. The van der Waals surface area contributed by atoms with E-state index in [4.69, 9.17) is 5.11 Å². The lowest BCUT2D eigenvalue weighted by molar-refractivity contribution is -0.142. The molecule has 5 nitrogen and oxygen atoms in total. The number of carbonyl (C=O) groups is 2. The lowest BCUT2D eigenvalue weighted by atomic mass is 9.97. The molecule has 5 heteroatoms. The van der Waals surface area contributed by atoms with Crippen LogP contribution in [-0.4, -0.2) is 28.6 Å². The number of para-hydroxylation sites is 1. The highest BCUT2D eigenvalue weighted by Gasteiger charge is 2.50. The average Bonchev–Trinajstić information content (AvgIpc) is 2.50. The number of aliphatic hydroxyl groups excluding tert-OH is 1. The minimum Gasteiger partial charge on any atom is -0.392 e. The van der Waals surface area contributed by atoms with Gasteiger partial charge in [0, 0.05) is 12.5 Å². The lowest BCUT2D eigenvalue weighted by Crippen LogP contribution is -2.44. The molecule has 0 aliphatic carbocycles. The Bertz CT molecular complexity index is 471. The summed E-state index contributed by atoms with van der Waals surface area (Å²) >= 11 is 0. The van der Waals surface area contributed by atoms with Crippen LogP contribution in [-0.2, 0) is 15.2 Å². The molecule has 2 N–H and O–H groups in total. The largest absolute Gasteiger partial charge is 0.392 e. The number of rotatable bonds is 1. The van der Waals surface area contributed by atoms with Gasteiger partial charge < -0.3 is 10.2 Å². The number of benzene rings is 1. The van der Waals surface area contributed by atoms with Crippen molar-refractivity contribution in [1.82, 2.24) is 0 Å². The van der Waals surface area contributed by atoms with E-state index in [1.807, 2.05) is 0 Å². The molecule has 1 aromatic carbocycles. The van der Waals surface area contributed by atoms with E-state index < -0.39 is 24.0 Å². The zero-order chi connectivity index (χ0) is 11.9. The second-order valence-electron chi connectivity index (χ2n) is 3.70. The molecule has 84 valence electrons. The normalized spacial score (nSPS) is 23.4. The molecule has 0 saturated carbocycles. The van der Waals surface area contributed by atoms with Crippen LogP contribution in [0.2, 0.25) is 0 Å². The molecule has 2 rings (SSSR count). The van der Waals surface area contributed by atoms with E-state index in [9.17, 15) is 14.7 Å². The van der Waals surface area contributed by atoms with E-state index in [2.05, 4.69) is 0 Å². The van der Waals surface area contributed by atoms with Crippen LogP contribution in [0.25, 0.3) is 0 Å². The van der Waals surface area contributed by atoms with Gasteiger partial charge in [-0.25, -0.2) is 4.90 Å². The van der Waals surface area contributed by atoms with Gasteiger partial charge >= 0.3 is 0 Å². The highest BCUT2D eigenvalue weighted by Crippen LogP contribution is 2.39. The maximum absolute atomic E-state index is 11.9. The third kappa shape index (κ3) is 1.19. The van der Waals surface area contributed by atoms with Crippen molar-refractivity contribution < 1.29 is 19.8 Å². The van der Waals surface area contributed by atoms with Crippen LogP contribution in [0.15, 0.2) is 24.3 Å². The van der Waals surface area contributed by atoms with E-state index in [-0.39, 0.29) is 5.56 Å². The average molecular weight is 221 g/mol. The van der Waals surface area contributed by atoms with Gasteiger partial charge in [0.25, 0.3) is 5.91 Å². The second-order valence-corrected chi connectivity index (χ2v) is 3.70.